The number of nitrogens with zero attached hydrogens (tertiary/aromatic N) is 2. The molecule has 0 bridgehead atoms. The number of rotatable bonds is 4. The Morgan fingerprint density at radius 1 is 0.849 bits per heavy atom. The molecule has 3 aliphatic rings. The summed E-state index contributed by atoms with van der Waals surface area (Å²) in [5.41, 5.74) is 1.40. The number of amides is 2. The van der Waals surface area contributed by atoms with Crippen LogP contribution in [0.25, 0.3) is 0 Å². The van der Waals surface area contributed by atoms with E-state index in [-0.39, 0.29) is 111 Å². The molecular formula is C39H63IKN2O9S-. The number of aliphatic hydroxyl groups is 1. The molecule has 1 atom stereocenters. The molecule has 0 radical (unpaired) electrons. The van der Waals surface area contributed by atoms with Gasteiger partial charge >= 0.3 is 63.6 Å². The van der Waals surface area contributed by atoms with Crippen LogP contribution in [-0.4, -0.2) is 101 Å². The smallest absolute Gasteiger partial charge is 1.00 e. The molecule has 2 aromatic carbocycles. The molecule has 1 unspecified atom stereocenters. The van der Waals surface area contributed by atoms with Crippen molar-refractivity contribution in [2.75, 3.05) is 51.6 Å². The van der Waals surface area contributed by atoms with Gasteiger partial charge in [-0.05, 0) is 51.2 Å². The Labute approximate surface area is 379 Å². The summed E-state index contributed by atoms with van der Waals surface area (Å²) < 4.78 is 26.4. The van der Waals surface area contributed by atoms with E-state index in [4.69, 9.17) is 19.3 Å². The van der Waals surface area contributed by atoms with Gasteiger partial charge in [0.15, 0.2) is 5.78 Å². The fourth-order valence-electron chi connectivity index (χ4n) is 4.58. The third-order valence-electron chi connectivity index (χ3n) is 6.68. The molecular weight excluding hydrogens is 839 g/mol. The van der Waals surface area contributed by atoms with Gasteiger partial charge in [-0.25, -0.2) is 9.59 Å². The van der Waals surface area contributed by atoms with Gasteiger partial charge in [-0.1, -0.05) is 60.7 Å². The SMILES string of the molecule is CC(C)(C)O.C[C-](C)C.C[S+](C)(C)=O.O=C(OCc1ccccc1)N1CCCC2(CCO2)C1.O=C1CCCN(C(=O)OCc2ccccc2)C1.[I-].[K+].[OH-]. The second-order valence-electron chi connectivity index (χ2n) is 14.8. The van der Waals surface area contributed by atoms with E-state index >= 15 is 0 Å². The second kappa shape index (κ2) is 29.3. The van der Waals surface area contributed by atoms with Gasteiger partial charge < -0.3 is 64.5 Å². The quantitative estimate of drug-likeness (QED) is 0.207. The van der Waals surface area contributed by atoms with Gasteiger partial charge in [-0.3, -0.25) is 4.79 Å². The average Bonchev–Trinajstić information content (AvgIpc) is 3.01. The molecule has 11 nitrogen and oxygen atoms in total. The van der Waals surface area contributed by atoms with Gasteiger partial charge in [-0.2, -0.15) is 20.8 Å². The van der Waals surface area contributed by atoms with E-state index in [9.17, 15) is 18.6 Å². The molecule has 53 heavy (non-hydrogen) atoms. The zero-order valence-corrected chi connectivity index (χ0v) is 39.8. The Bertz CT molecular complexity index is 1300. The number of benzene rings is 2. The van der Waals surface area contributed by atoms with Crippen molar-refractivity contribution in [3.05, 3.63) is 77.7 Å². The van der Waals surface area contributed by atoms with Gasteiger partial charge in [0, 0.05) is 25.9 Å². The van der Waals surface area contributed by atoms with Crippen LogP contribution in [0, 0.1) is 5.92 Å². The van der Waals surface area contributed by atoms with Crippen molar-refractivity contribution >= 4 is 27.9 Å². The fraction of sp³-hybridized carbons (Fsp3) is 0.590. The summed E-state index contributed by atoms with van der Waals surface area (Å²) in [4.78, 5) is 38.2. The number of ketones is 1. The molecule has 2 amide bonds. The number of hydrogen-bond acceptors (Lipinski definition) is 9. The van der Waals surface area contributed by atoms with Crippen molar-refractivity contribution in [2.24, 2.45) is 0 Å². The van der Waals surface area contributed by atoms with E-state index in [0.29, 0.717) is 26.1 Å². The van der Waals surface area contributed by atoms with Crippen LogP contribution in [0.3, 0.4) is 0 Å². The summed E-state index contributed by atoms with van der Waals surface area (Å²) >= 11 is 0. The standard InChI is InChI=1S/C15H19NO3.C13H15NO3.C4H10O.C4H9.C3H9OS.HI.K.H2O/c17-14(18-11-13-5-2-1-3-6-13)16-9-4-7-15(12-16)8-10-19-15;15-12-7-4-8-14(9-12)13(16)17-10-11-5-2-1-3-6-11;1-4(2,3)5;1-4(2)3;1-5(2,3)4;;;/h1-3,5-6H,4,7-12H2;1-3,5-6H,4,7-10H2;5H,1-3H3;1-3H3;1-3H3;1H;;1H2/q;;;-1;+1;;+1;/p-2. The first-order valence-electron chi connectivity index (χ1n) is 17.2. The molecule has 3 aliphatic heterocycles. The van der Waals surface area contributed by atoms with E-state index in [1.807, 2.05) is 60.7 Å². The van der Waals surface area contributed by atoms with Crippen LogP contribution in [-0.2, 0) is 46.4 Å². The van der Waals surface area contributed by atoms with E-state index in [2.05, 4.69) is 20.8 Å². The van der Waals surface area contributed by atoms with E-state index < -0.39 is 21.6 Å². The van der Waals surface area contributed by atoms with Crippen molar-refractivity contribution in [2.45, 2.75) is 98.1 Å². The van der Waals surface area contributed by atoms with Crippen LogP contribution in [0.4, 0.5) is 9.59 Å². The molecule has 5 rings (SSSR count). The topological polar surface area (TPSA) is 153 Å². The summed E-state index contributed by atoms with van der Waals surface area (Å²) in [7, 11) is -1.42. The van der Waals surface area contributed by atoms with Crippen LogP contribution < -0.4 is 75.4 Å². The molecule has 3 saturated heterocycles. The minimum atomic E-state index is -1.42. The summed E-state index contributed by atoms with van der Waals surface area (Å²) in [5, 5.41) is 8.52. The molecule has 14 heteroatoms. The molecule has 3 fully saturated rings. The maximum atomic E-state index is 12.0. The predicted molar refractivity (Wildman–Crippen MR) is 203 cm³/mol. The summed E-state index contributed by atoms with van der Waals surface area (Å²) in [6.07, 6.45) is 8.96. The third kappa shape index (κ3) is 30.9. The van der Waals surface area contributed by atoms with Crippen LogP contribution in [0.1, 0.15) is 84.8 Å². The first-order valence-corrected chi connectivity index (χ1v) is 20.0. The molecule has 298 valence electrons. The van der Waals surface area contributed by atoms with Crippen LogP contribution >= 0.6 is 0 Å². The monoisotopic (exact) mass is 901 g/mol. The second-order valence-corrected chi connectivity index (χ2v) is 18.3. The number of halogens is 1. The largest absolute Gasteiger partial charge is 1.00 e. The predicted octanol–water partition coefficient (Wildman–Crippen LogP) is 1.17. The summed E-state index contributed by atoms with van der Waals surface area (Å²) in [5.74, 6) is 1.52. The molecule has 0 saturated carbocycles. The van der Waals surface area contributed by atoms with Gasteiger partial charge in [0.05, 0.1) is 40.8 Å². The number of hydrogen-bond donors (Lipinski definition) is 1. The maximum absolute atomic E-state index is 12.0. The minimum Gasteiger partial charge on any atom is -1.00 e. The van der Waals surface area contributed by atoms with Crippen molar-refractivity contribution < 1.29 is 119 Å². The van der Waals surface area contributed by atoms with E-state index in [0.717, 1.165) is 50.0 Å². The number of Topliss-reactive ketones (excluding diaryl/α,β-unsaturated/α-hetero) is 1. The molecule has 3 heterocycles. The Balaban J connectivity index is -0.000000673. The van der Waals surface area contributed by atoms with Crippen molar-refractivity contribution in [3.8, 4) is 0 Å². The number of likely N-dealkylation sites (tertiary alicyclic amines) is 2. The Hall–Kier alpha value is -0.954. The van der Waals surface area contributed by atoms with E-state index in [1.165, 1.54) is 10.8 Å². The zero-order chi connectivity index (χ0) is 37.8. The van der Waals surface area contributed by atoms with Crippen molar-refractivity contribution in [3.63, 3.8) is 0 Å². The molecule has 0 aliphatic carbocycles. The number of ether oxygens (including phenoxy) is 3. The molecule has 2 aromatic rings. The minimum absolute atomic E-state index is 0. The average molecular weight is 902 g/mol. The molecule has 0 aromatic heterocycles. The van der Waals surface area contributed by atoms with Gasteiger partial charge in [-0.15, -0.1) is 4.21 Å². The zero-order valence-electron chi connectivity index (χ0n) is 33.7. The molecule has 1 spiro atoms. The van der Waals surface area contributed by atoms with Gasteiger partial charge in [0.25, 0.3) is 0 Å². The fourth-order valence-corrected chi connectivity index (χ4v) is 4.58. The number of carbonyl (C=O) groups excluding carboxylic acids is 3. The van der Waals surface area contributed by atoms with Crippen LogP contribution in [0.15, 0.2) is 60.7 Å². The van der Waals surface area contributed by atoms with E-state index in [1.54, 1.807) is 44.4 Å². The Morgan fingerprint density at radius 3 is 1.58 bits per heavy atom. The number of carbonyl (C=O) groups is 3. The van der Waals surface area contributed by atoms with Crippen LogP contribution in [0.5, 0.6) is 0 Å². The maximum Gasteiger partial charge on any atom is 1.00 e. The first kappa shape index (κ1) is 56.4. The van der Waals surface area contributed by atoms with Crippen molar-refractivity contribution in [1.29, 1.82) is 0 Å². The third-order valence-corrected chi connectivity index (χ3v) is 6.68. The summed E-state index contributed by atoms with van der Waals surface area (Å²) in [6, 6.07) is 19.3. The van der Waals surface area contributed by atoms with Crippen molar-refractivity contribution in [1.82, 2.24) is 9.80 Å². The van der Waals surface area contributed by atoms with Gasteiger partial charge in [0.2, 0.25) is 0 Å². The Morgan fingerprint density at radius 2 is 1.23 bits per heavy atom. The van der Waals surface area contributed by atoms with Crippen LogP contribution in [0.2, 0.25) is 0 Å². The first-order chi connectivity index (χ1) is 23.3. The normalized spacial score (nSPS) is 17.3. The summed E-state index contributed by atoms with van der Waals surface area (Å²) in [6.45, 7) is 15.2. The number of piperidine rings is 2. The molecule has 2 N–H and O–H groups in total. The Kier molecular flexibility index (Phi) is 31.2. The van der Waals surface area contributed by atoms with Gasteiger partial charge in [0.1, 0.15) is 32.0 Å².